The van der Waals surface area contributed by atoms with E-state index in [2.05, 4.69) is 12.2 Å². The van der Waals surface area contributed by atoms with E-state index >= 15 is 0 Å². The molecule has 4 aliphatic rings. The minimum Gasteiger partial charge on any atom is -0.455 e. The first kappa shape index (κ1) is 18.5. The molecule has 1 amide bonds. The zero-order valence-electron chi connectivity index (χ0n) is 16.3. The van der Waals surface area contributed by atoms with Crippen LogP contribution in [0.4, 0.5) is 5.69 Å². The molecule has 4 bridgehead atoms. The third kappa shape index (κ3) is 4.04. The van der Waals surface area contributed by atoms with Crippen LogP contribution >= 0.6 is 0 Å². The molecule has 146 valence electrons. The van der Waals surface area contributed by atoms with E-state index in [1.54, 1.807) is 0 Å². The first-order valence-electron chi connectivity index (χ1n) is 10.6. The Hall–Kier alpha value is -1.84. The van der Waals surface area contributed by atoms with Crippen molar-refractivity contribution in [3.05, 3.63) is 29.8 Å². The second kappa shape index (κ2) is 7.65. The van der Waals surface area contributed by atoms with Crippen LogP contribution in [-0.4, -0.2) is 18.5 Å². The van der Waals surface area contributed by atoms with Gasteiger partial charge in [0.1, 0.15) is 0 Å². The van der Waals surface area contributed by atoms with Crippen LogP contribution in [0.15, 0.2) is 24.3 Å². The molecule has 4 heteroatoms. The lowest BCUT2D eigenvalue weighted by molar-refractivity contribution is -0.172. The van der Waals surface area contributed by atoms with Gasteiger partial charge in [0.05, 0.1) is 5.41 Å². The zero-order chi connectivity index (χ0) is 18.9. The van der Waals surface area contributed by atoms with E-state index in [1.165, 1.54) is 37.7 Å². The highest BCUT2D eigenvalue weighted by Gasteiger charge is 2.55. The fraction of sp³-hybridized carbons (Fsp3) is 0.652. The van der Waals surface area contributed by atoms with Crippen molar-refractivity contribution in [1.82, 2.24) is 0 Å². The van der Waals surface area contributed by atoms with Gasteiger partial charge in [0, 0.05) is 5.69 Å². The molecule has 0 spiro atoms. The summed E-state index contributed by atoms with van der Waals surface area (Å²) in [5.74, 6) is 1.71. The Bertz CT molecular complexity index is 659. The van der Waals surface area contributed by atoms with Crippen molar-refractivity contribution in [3.63, 3.8) is 0 Å². The normalized spacial score (nSPS) is 30.9. The highest BCUT2D eigenvalue weighted by molar-refractivity contribution is 5.93. The summed E-state index contributed by atoms with van der Waals surface area (Å²) in [7, 11) is 0. The quantitative estimate of drug-likeness (QED) is 0.707. The minimum atomic E-state index is -0.296. The number of hydrogen-bond acceptors (Lipinski definition) is 3. The van der Waals surface area contributed by atoms with E-state index in [0.717, 1.165) is 31.4 Å². The lowest BCUT2D eigenvalue weighted by Crippen LogP contribution is -2.50. The first-order valence-corrected chi connectivity index (χ1v) is 10.6. The third-order valence-electron chi connectivity index (χ3n) is 6.86. The Morgan fingerprint density at radius 2 is 1.63 bits per heavy atom. The molecule has 5 rings (SSSR count). The molecular weight excluding hydrogens is 338 g/mol. The Balaban J connectivity index is 1.27. The maximum Gasteiger partial charge on any atom is 0.312 e. The summed E-state index contributed by atoms with van der Waals surface area (Å²) in [6.45, 7) is 2.00. The largest absolute Gasteiger partial charge is 0.455 e. The van der Waals surface area contributed by atoms with Gasteiger partial charge in [-0.25, -0.2) is 0 Å². The van der Waals surface area contributed by atoms with Gasteiger partial charge >= 0.3 is 5.97 Å². The van der Waals surface area contributed by atoms with Gasteiger partial charge in [0.15, 0.2) is 6.61 Å². The topological polar surface area (TPSA) is 55.4 Å². The van der Waals surface area contributed by atoms with Gasteiger partial charge < -0.3 is 10.1 Å². The number of aryl methyl sites for hydroxylation is 1. The smallest absolute Gasteiger partial charge is 0.312 e. The van der Waals surface area contributed by atoms with Gasteiger partial charge in [-0.15, -0.1) is 0 Å². The molecule has 0 aliphatic heterocycles. The van der Waals surface area contributed by atoms with Crippen LogP contribution in [0.3, 0.4) is 0 Å². The monoisotopic (exact) mass is 369 g/mol. The van der Waals surface area contributed by atoms with Gasteiger partial charge in [-0.2, -0.15) is 0 Å². The Morgan fingerprint density at radius 3 is 2.19 bits per heavy atom. The molecule has 0 aromatic heterocycles. The summed E-state index contributed by atoms with van der Waals surface area (Å²) in [5, 5.41) is 2.84. The SMILES string of the molecule is CCCCc1ccc(NC(=O)COC(=O)C23CC4CC(CC(C4)C2)C3)cc1. The van der Waals surface area contributed by atoms with E-state index in [1.807, 2.05) is 24.3 Å². The lowest BCUT2D eigenvalue weighted by atomic mass is 9.49. The molecule has 4 saturated carbocycles. The summed E-state index contributed by atoms with van der Waals surface area (Å²) in [4.78, 5) is 25.0. The van der Waals surface area contributed by atoms with Crippen LogP contribution in [0.1, 0.15) is 63.9 Å². The predicted molar refractivity (Wildman–Crippen MR) is 105 cm³/mol. The average Bonchev–Trinajstić information content (AvgIpc) is 2.64. The van der Waals surface area contributed by atoms with Gasteiger partial charge in [-0.1, -0.05) is 25.5 Å². The van der Waals surface area contributed by atoms with Crippen LogP contribution in [0.2, 0.25) is 0 Å². The van der Waals surface area contributed by atoms with Crippen LogP contribution in [0, 0.1) is 23.2 Å². The average molecular weight is 370 g/mol. The molecule has 1 N–H and O–H groups in total. The number of unbranched alkanes of at least 4 members (excludes halogenated alkanes) is 1. The molecule has 0 saturated heterocycles. The second-order valence-corrected chi connectivity index (χ2v) is 9.12. The molecule has 0 radical (unpaired) electrons. The Morgan fingerprint density at radius 1 is 1.04 bits per heavy atom. The zero-order valence-corrected chi connectivity index (χ0v) is 16.3. The van der Waals surface area contributed by atoms with Gasteiger partial charge in [0.2, 0.25) is 0 Å². The van der Waals surface area contributed by atoms with Crippen molar-refractivity contribution in [2.45, 2.75) is 64.7 Å². The molecule has 1 aromatic rings. The van der Waals surface area contributed by atoms with E-state index < -0.39 is 0 Å². The minimum absolute atomic E-state index is 0.133. The fourth-order valence-corrected chi connectivity index (χ4v) is 5.98. The van der Waals surface area contributed by atoms with E-state index in [0.29, 0.717) is 17.8 Å². The number of anilines is 1. The van der Waals surface area contributed by atoms with Crippen LogP contribution in [-0.2, 0) is 20.7 Å². The first-order chi connectivity index (χ1) is 13.1. The lowest BCUT2D eigenvalue weighted by Gasteiger charge is -2.55. The molecule has 27 heavy (non-hydrogen) atoms. The molecule has 0 unspecified atom stereocenters. The summed E-state index contributed by atoms with van der Waals surface area (Å²) in [6, 6.07) is 7.94. The van der Waals surface area contributed by atoms with Crippen molar-refractivity contribution < 1.29 is 14.3 Å². The summed E-state index contributed by atoms with van der Waals surface area (Å²) in [5.41, 5.74) is 1.74. The van der Waals surface area contributed by atoms with Crippen molar-refractivity contribution in [1.29, 1.82) is 0 Å². The molecule has 4 nitrogen and oxygen atoms in total. The van der Waals surface area contributed by atoms with E-state index in [4.69, 9.17) is 4.74 Å². The molecule has 1 aromatic carbocycles. The molecular formula is C23H31NO3. The van der Waals surface area contributed by atoms with Crippen LogP contribution in [0.25, 0.3) is 0 Å². The standard InChI is InChI=1S/C23H31NO3/c1-2-3-4-16-5-7-20(8-6-16)24-21(25)15-27-22(26)23-12-17-9-18(13-23)11-19(10-17)14-23/h5-8,17-19H,2-4,9-15H2,1H3,(H,24,25). The highest BCUT2D eigenvalue weighted by Crippen LogP contribution is 2.60. The number of hydrogen-bond donors (Lipinski definition) is 1. The van der Waals surface area contributed by atoms with Crippen molar-refractivity contribution >= 4 is 17.6 Å². The number of carbonyl (C=O) groups is 2. The number of ether oxygens (including phenoxy) is 1. The number of amides is 1. The highest BCUT2D eigenvalue weighted by atomic mass is 16.5. The van der Waals surface area contributed by atoms with Crippen molar-refractivity contribution in [2.24, 2.45) is 23.2 Å². The Kier molecular flexibility index (Phi) is 5.25. The summed E-state index contributed by atoms with van der Waals surface area (Å²) >= 11 is 0. The summed E-state index contributed by atoms with van der Waals surface area (Å²) < 4.78 is 5.49. The van der Waals surface area contributed by atoms with Gasteiger partial charge in [0.25, 0.3) is 5.91 Å². The summed E-state index contributed by atoms with van der Waals surface area (Å²) in [6.07, 6.45) is 10.2. The predicted octanol–water partition coefficient (Wildman–Crippen LogP) is 4.73. The maximum absolute atomic E-state index is 12.8. The number of esters is 1. The van der Waals surface area contributed by atoms with Crippen molar-refractivity contribution in [3.8, 4) is 0 Å². The number of rotatable bonds is 7. The van der Waals surface area contributed by atoms with E-state index in [-0.39, 0.29) is 23.9 Å². The van der Waals surface area contributed by atoms with Crippen LogP contribution < -0.4 is 5.32 Å². The maximum atomic E-state index is 12.8. The Labute approximate surface area is 162 Å². The number of benzene rings is 1. The molecule has 4 aliphatic carbocycles. The van der Waals surface area contributed by atoms with E-state index in [9.17, 15) is 9.59 Å². The third-order valence-corrected chi connectivity index (χ3v) is 6.86. The molecule has 0 heterocycles. The fourth-order valence-electron chi connectivity index (χ4n) is 5.98. The van der Waals surface area contributed by atoms with Crippen LogP contribution in [0.5, 0.6) is 0 Å². The molecule has 0 atom stereocenters. The van der Waals surface area contributed by atoms with Gasteiger partial charge in [-0.3, -0.25) is 9.59 Å². The second-order valence-electron chi connectivity index (χ2n) is 9.12. The van der Waals surface area contributed by atoms with Crippen molar-refractivity contribution in [2.75, 3.05) is 11.9 Å². The number of carbonyl (C=O) groups excluding carboxylic acids is 2. The van der Waals surface area contributed by atoms with Gasteiger partial charge in [-0.05, 0) is 86.8 Å². The molecule has 4 fully saturated rings. The number of nitrogens with one attached hydrogen (secondary N) is 1.